The lowest BCUT2D eigenvalue weighted by atomic mass is 10.0. The Morgan fingerprint density at radius 1 is 1.55 bits per heavy atom. The summed E-state index contributed by atoms with van der Waals surface area (Å²) in [6, 6.07) is -0.0574. The predicted molar refractivity (Wildman–Crippen MR) is 75.8 cm³/mol. The SMILES string of the molecule is O=C(O)CCC1CCN(C(=O)NCCc2cscn2)C1. The number of carboxylic acid groups (broad SMARTS) is 1. The second kappa shape index (κ2) is 7.23. The molecule has 1 atom stereocenters. The average Bonchev–Trinajstić information content (AvgIpc) is 3.07. The first kappa shape index (κ1) is 14.8. The number of carbonyl (C=O) groups is 2. The van der Waals surface area contributed by atoms with E-state index in [1.54, 1.807) is 21.7 Å². The second-order valence-corrected chi connectivity index (χ2v) is 5.71. The molecule has 1 fully saturated rings. The van der Waals surface area contributed by atoms with Gasteiger partial charge in [-0.15, -0.1) is 11.3 Å². The topological polar surface area (TPSA) is 82.5 Å². The molecule has 1 aromatic rings. The van der Waals surface area contributed by atoms with Gasteiger partial charge < -0.3 is 15.3 Å². The van der Waals surface area contributed by atoms with Crippen LogP contribution in [-0.2, 0) is 11.2 Å². The number of nitrogens with one attached hydrogen (secondary N) is 1. The molecule has 1 aliphatic heterocycles. The van der Waals surface area contributed by atoms with E-state index >= 15 is 0 Å². The lowest BCUT2D eigenvalue weighted by Crippen LogP contribution is -2.39. The van der Waals surface area contributed by atoms with E-state index in [9.17, 15) is 9.59 Å². The largest absolute Gasteiger partial charge is 0.481 e. The maximum absolute atomic E-state index is 11.9. The van der Waals surface area contributed by atoms with Gasteiger partial charge in [0.25, 0.3) is 0 Å². The molecule has 0 bridgehead atoms. The fourth-order valence-corrected chi connectivity index (χ4v) is 2.94. The minimum absolute atomic E-state index is 0.0574. The van der Waals surface area contributed by atoms with Gasteiger partial charge in [-0.25, -0.2) is 9.78 Å². The number of thiazole rings is 1. The molecule has 1 aliphatic rings. The van der Waals surface area contributed by atoms with E-state index < -0.39 is 5.97 Å². The third-order valence-electron chi connectivity index (χ3n) is 3.48. The maximum Gasteiger partial charge on any atom is 0.317 e. The Labute approximate surface area is 121 Å². The highest BCUT2D eigenvalue weighted by Gasteiger charge is 2.26. The van der Waals surface area contributed by atoms with Crippen molar-refractivity contribution in [1.82, 2.24) is 15.2 Å². The smallest absolute Gasteiger partial charge is 0.317 e. The van der Waals surface area contributed by atoms with Gasteiger partial charge in [0.1, 0.15) is 0 Å². The molecule has 7 heteroatoms. The number of hydrogen-bond acceptors (Lipinski definition) is 4. The van der Waals surface area contributed by atoms with Crippen molar-refractivity contribution in [2.75, 3.05) is 19.6 Å². The van der Waals surface area contributed by atoms with Crippen molar-refractivity contribution in [3.05, 3.63) is 16.6 Å². The molecule has 1 aromatic heterocycles. The fraction of sp³-hybridized carbons (Fsp3) is 0.615. The van der Waals surface area contributed by atoms with Gasteiger partial charge in [0, 0.05) is 37.9 Å². The van der Waals surface area contributed by atoms with Crippen LogP contribution in [0, 0.1) is 5.92 Å². The van der Waals surface area contributed by atoms with Crippen molar-refractivity contribution >= 4 is 23.3 Å². The zero-order chi connectivity index (χ0) is 14.4. The summed E-state index contributed by atoms with van der Waals surface area (Å²) in [5.41, 5.74) is 2.78. The van der Waals surface area contributed by atoms with Gasteiger partial charge in [-0.2, -0.15) is 0 Å². The summed E-state index contributed by atoms with van der Waals surface area (Å²) in [4.78, 5) is 28.4. The minimum atomic E-state index is -0.767. The summed E-state index contributed by atoms with van der Waals surface area (Å²) < 4.78 is 0. The number of aromatic nitrogens is 1. The van der Waals surface area contributed by atoms with Crippen LogP contribution < -0.4 is 5.32 Å². The van der Waals surface area contributed by atoms with Crippen molar-refractivity contribution < 1.29 is 14.7 Å². The molecule has 20 heavy (non-hydrogen) atoms. The van der Waals surface area contributed by atoms with E-state index in [0.29, 0.717) is 32.0 Å². The predicted octanol–water partition coefficient (Wildman–Crippen LogP) is 1.58. The monoisotopic (exact) mass is 297 g/mol. The molecule has 1 unspecified atom stereocenters. The molecule has 1 saturated heterocycles. The summed E-state index contributed by atoms with van der Waals surface area (Å²) in [5, 5.41) is 13.5. The molecule has 0 spiro atoms. The van der Waals surface area contributed by atoms with E-state index in [1.807, 2.05) is 5.38 Å². The van der Waals surface area contributed by atoms with Crippen LogP contribution in [0.25, 0.3) is 0 Å². The highest BCUT2D eigenvalue weighted by Crippen LogP contribution is 2.20. The number of urea groups is 1. The van der Waals surface area contributed by atoms with E-state index in [-0.39, 0.29) is 12.5 Å². The Morgan fingerprint density at radius 3 is 3.10 bits per heavy atom. The van der Waals surface area contributed by atoms with Gasteiger partial charge in [-0.05, 0) is 18.8 Å². The Balaban J connectivity index is 1.65. The molecule has 110 valence electrons. The fourth-order valence-electron chi connectivity index (χ4n) is 2.35. The number of nitrogens with zero attached hydrogens (tertiary/aromatic N) is 2. The zero-order valence-electron chi connectivity index (χ0n) is 11.2. The summed E-state index contributed by atoms with van der Waals surface area (Å²) >= 11 is 1.55. The van der Waals surface area contributed by atoms with Gasteiger partial charge >= 0.3 is 12.0 Å². The summed E-state index contributed by atoms with van der Waals surface area (Å²) in [6.45, 7) is 1.96. The van der Waals surface area contributed by atoms with Crippen molar-refractivity contribution in [2.45, 2.75) is 25.7 Å². The van der Waals surface area contributed by atoms with Crippen LogP contribution in [0.15, 0.2) is 10.9 Å². The molecule has 0 saturated carbocycles. The molecule has 0 aliphatic carbocycles. The summed E-state index contributed by atoms with van der Waals surface area (Å²) in [5.74, 6) is -0.452. The standard InChI is InChI=1S/C13H19N3O3S/c17-12(18)2-1-10-4-6-16(7-10)13(19)14-5-3-11-8-20-9-15-11/h8-10H,1-7H2,(H,14,19)(H,17,18). The average molecular weight is 297 g/mol. The normalized spacial score (nSPS) is 18.2. The molecule has 0 aromatic carbocycles. The number of aliphatic carboxylic acids is 1. The quantitative estimate of drug-likeness (QED) is 0.835. The van der Waals surface area contributed by atoms with E-state index in [0.717, 1.165) is 18.5 Å². The van der Waals surface area contributed by atoms with Gasteiger partial charge in [0.2, 0.25) is 0 Å². The lowest BCUT2D eigenvalue weighted by molar-refractivity contribution is -0.137. The van der Waals surface area contributed by atoms with Crippen LogP contribution in [0.1, 0.15) is 25.0 Å². The van der Waals surface area contributed by atoms with E-state index in [1.165, 1.54) is 0 Å². The molecule has 0 radical (unpaired) electrons. The number of likely N-dealkylation sites (tertiary alicyclic amines) is 1. The molecular formula is C13H19N3O3S. The third-order valence-corrected chi connectivity index (χ3v) is 4.12. The molecular weight excluding hydrogens is 278 g/mol. The zero-order valence-corrected chi connectivity index (χ0v) is 12.1. The highest BCUT2D eigenvalue weighted by molar-refractivity contribution is 7.07. The Kier molecular flexibility index (Phi) is 5.34. The molecule has 2 N–H and O–H groups in total. The first-order valence-electron chi connectivity index (χ1n) is 6.77. The van der Waals surface area contributed by atoms with Crippen molar-refractivity contribution in [1.29, 1.82) is 0 Å². The highest BCUT2D eigenvalue weighted by atomic mass is 32.1. The third kappa shape index (κ3) is 4.48. The lowest BCUT2D eigenvalue weighted by Gasteiger charge is -2.17. The van der Waals surface area contributed by atoms with Gasteiger partial charge in [-0.1, -0.05) is 0 Å². The molecule has 2 amide bonds. The van der Waals surface area contributed by atoms with Crippen molar-refractivity contribution in [2.24, 2.45) is 5.92 Å². The number of carbonyl (C=O) groups excluding carboxylic acids is 1. The molecule has 2 rings (SSSR count). The Bertz CT molecular complexity index is 450. The van der Waals surface area contributed by atoms with Crippen LogP contribution in [-0.4, -0.2) is 46.6 Å². The van der Waals surface area contributed by atoms with Crippen LogP contribution in [0.5, 0.6) is 0 Å². The Morgan fingerprint density at radius 2 is 2.40 bits per heavy atom. The summed E-state index contributed by atoms with van der Waals surface area (Å²) in [6.07, 6.45) is 2.47. The van der Waals surface area contributed by atoms with E-state index in [4.69, 9.17) is 5.11 Å². The van der Waals surface area contributed by atoms with E-state index in [2.05, 4.69) is 10.3 Å². The number of carboxylic acids is 1. The van der Waals surface area contributed by atoms with Crippen molar-refractivity contribution in [3.63, 3.8) is 0 Å². The van der Waals surface area contributed by atoms with Crippen LogP contribution in [0.3, 0.4) is 0 Å². The van der Waals surface area contributed by atoms with Crippen LogP contribution in [0.4, 0.5) is 4.79 Å². The van der Waals surface area contributed by atoms with Gasteiger partial charge in [-0.3, -0.25) is 4.79 Å². The first-order chi connectivity index (χ1) is 9.65. The Hall–Kier alpha value is -1.63. The summed E-state index contributed by atoms with van der Waals surface area (Å²) in [7, 11) is 0. The van der Waals surface area contributed by atoms with Gasteiger partial charge in [0.05, 0.1) is 11.2 Å². The minimum Gasteiger partial charge on any atom is -0.481 e. The number of amides is 2. The number of rotatable bonds is 6. The van der Waals surface area contributed by atoms with Crippen LogP contribution >= 0.6 is 11.3 Å². The molecule has 2 heterocycles. The first-order valence-corrected chi connectivity index (χ1v) is 7.71. The van der Waals surface area contributed by atoms with Gasteiger partial charge in [0.15, 0.2) is 0 Å². The maximum atomic E-state index is 11.9. The number of hydrogen-bond donors (Lipinski definition) is 2. The van der Waals surface area contributed by atoms with Crippen molar-refractivity contribution in [3.8, 4) is 0 Å². The van der Waals surface area contributed by atoms with Crippen LogP contribution in [0.2, 0.25) is 0 Å². The molecule has 6 nitrogen and oxygen atoms in total. The second-order valence-electron chi connectivity index (χ2n) is 4.99.